The second-order valence-electron chi connectivity index (χ2n) is 5.21. The molecule has 0 aliphatic carbocycles. The molecule has 1 aromatic heterocycles. The molecule has 0 saturated carbocycles. The van der Waals surface area contributed by atoms with Crippen molar-refractivity contribution in [3.63, 3.8) is 0 Å². The van der Waals surface area contributed by atoms with Crippen LogP contribution in [0.25, 0.3) is 0 Å². The fourth-order valence-corrected chi connectivity index (χ4v) is 4.37. The molecule has 1 heterocycles. The van der Waals surface area contributed by atoms with Crippen molar-refractivity contribution in [2.24, 2.45) is 5.41 Å². The Bertz CT molecular complexity index is 612. The Hall–Kier alpha value is -0.740. The first kappa shape index (κ1) is 18.3. The molecule has 0 aliphatic rings. The lowest BCUT2D eigenvalue weighted by molar-refractivity contribution is -0.384. The smallest absolute Gasteiger partial charge is 0.300 e. The van der Waals surface area contributed by atoms with Crippen molar-refractivity contribution in [3.8, 4) is 0 Å². The molecule has 1 N–H and O–H groups in total. The molecule has 0 bridgehead atoms. The number of hydrogen-bond acceptors (Lipinski definition) is 6. The van der Waals surface area contributed by atoms with Crippen molar-refractivity contribution < 1.29 is 18.1 Å². The summed E-state index contributed by atoms with van der Waals surface area (Å²) < 4.78 is 31.4. The maximum Gasteiger partial charge on any atom is 0.300 e. The fourth-order valence-electron chi connectivity index (χ4n) is 1.42. The molecule has 120 valence electrons. The van der Waals surface area contributed by atoms with E-state index in [9.17, 15) is 18.5 Å². The van der Waals surface area contributed by atoms with Crippen LogP contribution in [0, 0.1) is 15.5 Å². The minimum atomic E-state index is -3.81. The zero-order valence-electron chi connectivity index (χ0n) is 11.9. The van der Waals surface area contributed by atoms with Gasteiger partial charge in [-0.1, -0.05) is 25.4 Å². The molecule has 10 heteroatoms. The van der Waals surface area contributed by atoms with Crippen LogP contribution in [-0.2, 0) is 14.8 Å². The van der Waals surface area contributed by atoms with Gasteiger partial charge in [0.05, 0.1) is 4.92 Å². The van der Waals surface area contributed by atoms with Crippen LogP contribution in [0.5, 0.6) is 0 Å². The molecule has 1 rings (SSSR count). The number of thiophene rings is 1. The van der Waals surface area contributed by atoms with Gasteiger partial charge in [-0.3, -0.25) is 10.1 Å². The molecular weight excluding hydrogens is 340 g/mol. The zero-order chi connectivity index (χ0) is 16.3. The van der Waals surface area contributed by atoms with Crippen molar-refractivity contribution in [1.29, 1.82) is 0 Å². The van der Waals surface area contributed by atoms with Crippen molar-refractivity contribution in [2.75, 3.05) is 20.3 Å². The molecule has 21 heavy (non-hydrogen) atoms. The third-order valence-electron chi connectivity index (χ3n) is 2.83. The van der Waals surface area contributed by atoms with E-state index in [1.165, 1.54) is 0 Å². The summed E-state index contributed by atoms with van der Waals surface area (Å²) in [4.78, 5) is 9.99. The summed E-state index contributed by atoms with van der Waals surface area (Å²) in [6.07, 6.45) is 0.678. The van der Waals surface area contributed by atoms with Crippen LogP contribution in [-0.4, -0.2) is 33.6 Å². The average Bonchev–Trinajstić information content (AvgIpc) is 2.77. The molecule has 0 unspecified atom stereocenters. The lowest BCUT2D eigenvalue weighted by atomic mass is 9.90. The van der Waals surface area contributed by atoms with E-state index >= 15 is 0 Å². The molecule has 7 nitrogen and oxygen atoms in total. The molecule has 0 saturated heterocycles. The highest BCUT2D eigenvalue weighted by molar-refractivity contribution is 7.91. The van der Waals surface area contributed by atoms with E-state index in [4.69, 9.17) is 16.3 Å². The van der Waals surface area contributed by atoms with E-state index < -0.39 is 20.6 Å². The first-order chi connectivity index (χ1) is 9.59. The highest BCUT2D eigenvalue weighted by atomic mass is 35.5. The molecule has 1 aromatic rings. The molecule has 0 aliphatic heterocycles. The van der Waals surface area contributed by atoms with Gasteiger partial charge in [0.1, 0.15) is 4.21 Å². The standard InChI is InChI=1S/C11H17ClN2O5S2/c1-11(2,4-5-19-3)7-13-21(17,18)9-6-8(14(15)16)10(12)20-9/h6,13H,4-5,7H2,1-3H3. The van der Waals surface area contributed by atoms with Crippen LogP contribution in [0.1, 0.15) is 20.3 Å². The summed E-state index contributed by atoms with van der Waals surface area (Å²) >= 11 is 6.34. The minimum Gasteiger partial charge on any atom is -0.385 e. The first-order valence-corrected chi connectivity index (χ1v) is 8.69. The summed E-state index contributed by atoms with van der Waals surface area (Å²) in [7, 11) is -2.24. The number of rotatable bonds is 8. The number of nitrogens with one attached hydrogen (secondary N) is 1. The summed E-state index contributed by atoms with van der Waals surface area (Å²) in [6, 6.07) is 0.970. The van der Waals surface area contributed by atoms with Gasteiger partial charge >= 0.3 is 0 Å². The summed E-state index contributed by atoms with van der Waals surface area (Å²) in [5.41, 5.74) is -0.698. The number of nitrogens with zero attached hydrogens (tertiary/aromatic N) is 1. The largest absolute Gasteiger partial charge is 0.385 e. The van der Waals surface area contributed by atoms with Gasteiger partial charge in [0.2, 0.25) is 10.0 Å². The fraction of sp³-hybridized carbons (Fsp3) is 0.636. The molecular formula is C11H17ClN2O5S2. The van der Waals surface area contributed by atoms with Crippen molar-refractivity contribution in [3.05, 3.63) is 20.5 Å². The van der Waals surface area contributed by atoms with E-state index in [1.54, 1.807) is 7.11 Å². The van der Waals surface area contributed by atoms with Crippen molar-refractivity contribution in [2.45, 2.75) is 24.5 Å². The monoisotopic (exact) mass is 356 g/mol. The second-order valence-corrected chi connectivity index (χ2v) is 8.86. The van der Waals surface area contributed by atoms with Gasteiger partial charge in [-0.15, -0.1) is 11.3 Å². The third-order valence-corrected chi connectivity index (χ3v) is 6.04. The topological polar surface area (TPSA) is 98.5 Å². The lowest BCUT2D eigenvalue weighted by Gasteiger charge is -2.24. The van der Waals surface area contributed by atoms with Crippen LogP contribution >= 0.6 is 22.9 Å². The van der Waals surface area contributed by atoms with Crippen LogP contribution in [0.15, 0.2) is 10.3 Å². The van der Waals surface area contributed by atoms with Crippen LogP contribution in [0.2, 0.25) is 4.34 Å². The normalized spacial score (nSPS) is 12.6. The van der Waals surface area contributed by atoms with Crippen LogP contribution in [0.4, 0.5) is 5.69 Å². The van der Waals surface area contributed by atoms with E-state index in [-0.39, 0.29) is 20.5 Å². The van der Waals surface area contributed by atoms with E-state index in [0.717, 1.165) is 6.07 Å². The van der Waals surface area contributed by atoms with Gasteiger partial charge in [-0.05, 0) is 11.8 Å². The average molecular weight is 357 g/mol. The van der Waals surface area contributed by atoms with Gasteiger partial charge in [0.15, 0.2) is 4.34 Å². The lowest BCUT2D eigenvalue weighted by Crippen LogP contribution is -2.34. The molecule has 0 fully saturated rings. The van der Waals surface area contributed by atoms with Gasteiger partial charge in [-0.2, -0.15) is 0 Å². The highest BCUT2D eigenvalue weighted by Crippen LogP contribution is 2.36. The van der Waals surface area contributed by atoms with Crippen LogP contribution < -0.4 is 4.72 Å². The number of halogens is 1. The Morgan fingerprint density at radius 2 is 2.14 bits per heavy atom. The Morgan fingerprint density at radius 3 is 2.62 bits per heavy atom. The Labute approximate surface area is 132 Å². The predicted molar refractivity (Wildman–Crippen MR) is 81.4 cm³/mol. The van der Waals surface area contributed by atoms with E-state index in [2.05, 4.69) is 4.72 Å². The number of sulfonamides is 1. The quantitative estimate of drug-likeness (QED) is 0.570. The number of methoxy groups -OCH3 is 1. The zero-order valence-corrected chi connectivity index (χ0v) is 14.3. The van der Waals surface area contributed by atoms with Gasteiger partial charge in [-0.25, -0.2) is 13.1 Å². The predicted octanol–water partition coefficient (Wildman–Crippen LogP) is 2.65. The summed E-state index contributed by atoms with van der Waals surface area (Å²) in [5.74, 6) is 0. The van der Waals surface area contributed by atoms with Crippen LogP contribution in [0.3, 0.4) is 0 Å². The Balaban J connectivity index is 2.83. The molecule has 0 atom stereocenters. The summed E-state index contributed by atoms with van der Waals surface area (Å²) in [6.45, 7) is 4.52. The van der Waals surface area contributed by atoms with E-state index in [1.807, 2.05) is 13.8 Å². The van der Waals surface area contributed by atoms with Crippen molar-refractivity contribution >= 4 is 38.6 Å². The Kier molecular flexibility index (Phi) is 6.11. The number of ether oxygens (including phenoxy) is 1. The molecule has 0 spiro atoms. The van der Waals surface area contributed by atoms with Gasteiger partial charge in [0.25, 0.3) is 5.69 Å². The maximum atomic E-state index is 12.1. The molecule has 0 amide bonds. The number of nitro groups is 1. The SMILES string of the molecule is COCCC(C)(C)CNS(=O)(=O)c1cc([N+](=O)[O-])c(Cl)s1. The van der Waals surface area contributed by atoms with Crippen molar-refractivity contribution in [1.82, 2.24) is 4.72 Å². The second kappa shape index (κ2) is 7.01. The molecule has 0 radical (unpaired) electrons. The highest BCUT2D eigenvalue weighted by Gasteiger charge is 2.27. The Morgan fingerprint density at radius 1 is 1.52 bits per heavy atom. The molecule has 0 aromatic carbocycles. The number of hydrogen-bond donors (Lipinski definition) is 1. The third kappa shape index (κ3) is 5.19. The minimum absolute atomic E-state index is 0.154. The summed E-state index contributed by atoms with van der Waals surface area (Å²) in [5, 5.41) is 10.7. The van der Waals surface area contributed by atoms with Gasteiger partial charge in [0, 0.05) is 26.3 Å². The maximum absolute atomic E-state index is 12.1. The first-order valence-electron chi connectivity index (χ1n) is 6.01. The van der Waals surface area contributed by atoms with E-state index in [0.29, 0.717) is 24.4 Å². The van der Waals surface area contributed by atoms with Gasteiger partial charge < -0.3 is 4.74 Å².